The average Bonchev–Trinajstić information content (AvgIpc) is 2.73. The van der Waals surface area contributed by atoms with E-state index in [-0.39, 0.29) is 11.5 Å². The second-order valence-electron chi connectivity index (χ2n) is 7.59. The van der Waals surface area contributed by atoms with E-state index in [9.17, 15) is 9.59 Å². The molecule has 158 valence electrons. The molecule has 0 atom stereocenters. The van der Waals surface area contributed by atoms with Crippen LogP contribution in [0.2, 0.25) is 0 Å². The van der Waals surface area contributed by atoms with E-state index in [1.54, 1.807) is 6.07 Å². The third-order valence-corrected chi connectivity index (χ3v) is 4.86. The van der Waals surface area contributed by atoms with Crippen LogP contribution in [0.25, 0.3) is 22.0 Å². The van der Waals surface area contributed by atoms with Crippen molar-refractivity contribution in [2.24, 2.45) is 0 Å². The largest absolute Gasteiger partial charge is 0.326 e. The molecule has 0 aliphatic rings. The van der Waals surface area contributed by atoms with Crippen molar-refractivity contribution in [3.63, 3.8) is 0 Å². The minimum absolute atomic E-state index is 0.000252. The van der Waals surface area contributed by atoms with Crippen molar-refractivity contribution < 1.29 is 4.79 Å². The summed E-state index contributed by atoms with van der Waals surface area (Å²) in [5.41, 5.74) is 2.03. The number of carbonyl (C=O) groups is 1. The van der Waals surface area contributed by atoms with Gasteiger partial charge in [0.25, 0.3) is 5.56 Å². The Labute approximate surface area is 176 Å². The first-order chi connectivity index (χ1) is 14.5. The molecule has 1 aromatic heterocycles. The number of anilines is 1. The number of hydrogen-bond acceptors (Lipinski definition) is 5. The van der Waals surface area contributed by atoms with Gasteiger partial charge in [0.1, 0.15) is 0 Å². The van der Waals surface area contributed by atoms with E-state index < -0.39 is 0 Å². The zero-order valence-electron chi connectivity index (χ0n) is 17.6. The van der Waals surface area contributed by atoms with Crippen LogP contribution in [0.4, 0.5) is 5.69 Å². The van der Waals surface area contributed by atoms with Gasteiger partial charge in [-0.2, -0.15) is 5.10 Å². The number of nitrogens with one attached hydrogen (secondary N) is 3. The number of aromatic nitrogens is 2. The molecule has 0 fully saturated rings. The molecule has 0 unspecified atom stereocenters. The minimum Gasteiger partial charge on any atom is -0.326 e. The predicted molar refractivity (Wildman–Crippen MR) is 122 cm³/mol. The van der Waals surface area contributed by atoms with Crippen molar-refractivity contribution in [3.8, 4) is 11.3 Å². The summed E-state index contributed by atoms with van der Waals surface area (Å²) < 4.78 is 0. The highest BCUT2D eigenvalue weighted by Crippen LogP contribution is 2.26. The molecule has 30 heavy (non-hydrogen) atoms. The fourth-order valence-electron chi connectivity index (χ4n) is 3.27. The van der Waals surface area contributed by atoms with Gasteiger partial charge in [-0.05, 0) is 51.7 Å². The Hall–Kier alpha value is -3.03. The molecule has 0 spiro atoms. The number of amides is 1. The summed E-state index contributed by atoms with van der Waals surface area (Å²) in [5.74, 6) is -0.000252. The molecule has 0 saturated carbocycles. The van der Waals surface area contributed by atoms with Gasteiger partial charge in [0.05, 0.1) is 11.1 Å². The van der Waals surface area contributed by atoms with Crippen molar-refractivity contribution in [2.75, 3.05) is 39.0 Å². The van der Waals surface area contributed by atoms with Gasteiger partial charge >= 0.3 is 0 Å². The van der Waals surface area contributed by atoms with Gasteiger partial charge in [-0.3, -0.25) is 9.59 Å². The standard InChI is InChI=1S/C23H29N5O2/c1-28(2)15-14-24-13-6-5-12-21(29)25-18-9-7-8-17(16-18)22-19-10-3-4-11-20(19)23(30)27-26-22/h3-4,7-11,16,24H,5-6,12-15H2,1-2H3,(H,25,29)(H,27,30). The molecule has 7 nitrogen and oxygen atoms in total. The Morgan fingerprint density at radius 1 is 1.03 bits per heavy atom. The predicted octanol–water partition coefficient (Wildman–Crippen LogP) is 2.85. The molecule has 3 N–H and O–H groups in total. The van der Waals surface area contributed by atoms with Gasteiger partial charge in [0.15, 0.2) is 0 Å². The Bertz CT molecular complexity index is 1040. The van der Waals surface area contributed by atoms with Crippen molar-refractivity contribution >= 4 is 22.4 Å². The molecule has 0 radical (unpaired) electrons. The summed E-state index contributed by atoms with van der Waals surface area (Å²) in [6, 6.07) is 14.9. The highest BCUT2D eigenvalue weighted by Gasteiger charge is 2.10. The number of benzene rings is 2. The molecule has 0 saturated heterocycles. The van der Waals surface area contributed by atoms with Crippen LogP contribution in [0.15, 0.2) is 53.3 Å². The summed E-state index contributed by atoms with van der Waals surface area (Å²) in [7, 11) is 4.10. The Kier molecular flexibility index (Phi) is 7.70. The number of aromatic amines is 1. The second-order valence-corrected chi connectivity index (χ2v) is 7.59. The lowest BCUT2D eigenvalue weighted by molar-refractivity contribution is -0.116. The van der Waals surface area contributed by atoms with Crippen LogP contribution < -0.4 is 16.2 Å². The smallest absolute Gasteiger partial charge is 0.272 e. The summed E-state index contributed by atoms with van der Waals surface area (Å²) >= 11 is 0. The van der Waals surface area contributed by atoms with Crippen LogP contribution in [0.3, 0.4) is 0 Å². The average molecular weight is 408 g/mol. The first-order valence-electron chi connectivity index (χ1n) is 10.3. The number of unbranched alkanes of at least 4 members (excludes halogenated alkanes) is 1. The SMILES string of the molecule is CN(C)CCNCCCCC(=O)Nc1cccc(-c2n[nH]c(=O)c3ccccc23)c1. The molecular weight excluding hydrogens is 378 g/mol. The van der Waals surface area contributed by atoms with Crippen LogP contribution in [-0.4, -0.2) is 54.7 Å². The molecule has 3 rings (SSSR count). The third kappa shape index (κ3) is 5.98. The number of fused-ring (bicyclic) bond motifs is 1. The monoisotopic (exact) mass is 407 g/mol. The van der Waals surface area contributed by atoms with Gasteiger partial charge in [-0.15, -0.1) is 0 Å². The minimum atomic E-state index is -0.213. The fourth-order valence-corrected chi connectivity index (χ4v) is 3.27. The van der Waals surface area contributed by atoms with Gasteiger partial charge in [0.2, 0.25) is 5.91 Å². The molecule has 0 aliphatic carbocycles. The highest BCUT2D eigenvalue weighted by molar-refractivity contribution is 5.95. The lowest BCUT2D eigenvalue weighted by Gasteiger charge is -2.10. The van der Waals surface area contributed by atoms with E-state index in [2.05, 4.69) is 39.8 Å². The van der Waals surface area contributed by atoms with Gasteiger partial charge in [0, 0.05) is 36.1 Å². The van der Waals surface area contributed by atoms with Crippen molar-refractivity contribution in [2.45, 2.75) is 19.3 Å². The lowest BCUT2D eigenvalue weighted by atomic mass is 10.0. The quantitative estimate of drug-likeness (QED) is 0.450. The maximum absolute atomic E-state index is 12.3. The molecule has 0 aliphatic heterocycles. The summed E-state index contributed by atoms with van der Waals surface area (Å²) in [5, 5.41) is 14.5. The normalized spacial score (nSPS) is 11.2. The van der Waals surface area contributed by atoms with Crippen molar-refractivity contribution in [3.05, 3.63) is 58.9 Å². The Morgan fingerprint density at radius 3 is 2.63 bits per heavy atom. The second kappa shape index (κ2) is 10.7. The van der Waals surface area contributed by atoms with E-state index in [1.165, 1.54) is 0 Å². The Morgan fingerprint density at radius 2 is 1.83 bits per heavy atom. The zero-order chi connectivity index (χ0) is 21.3. The van der Waals surface area contributed by atoms with Gasteiger partial charge < -0.3 is 15.5 Å². The van der Waals surface area contributed by atoms with Crippen molar-refractivity contribution in [1.29, 1.82) is 0 Å². The molecule has 3 aromatic rings. The number of hydrogen-bond donors (Lipinski definition) is 3. The summed E-state index contributed by atoms with van der Waals surface area (Å²) in [6.45, 7) is 2.89. The number of rotatable bonds is 10. The maximum Gasteiger partial charge on any atom is 0.272 e. The van der Waals surface area contributed by atoms with Crippen LogP contribution >= 0.6 is 0 Å². The van der Waals surface area contributed by atoms with Crippen molar-refractivity contribution in [1.82, 2.24) is 20.4 Å². The van der Waals surface area contributed by atoms with E-state index in [4.69, 9.17) is 0 Å². The van der Waals surface area contributed by atoms with E-state index in [0.717, 1.165) is 49.1 Å². The topological polar surface area (TPSA) is 90.1 Å². The molecule has 7 heteroatoms. The number of carbonyl (C=O) groups excluding carboxylic acids is 1. The first kappa shape index (κ1) is 21.7. The molecular formula is C23H29N5O2. The summed E-state index contributed by atoms with van der Waals surface area (Å²) in [6.07, 6.45) is 2.29. The van der Waals surface area contributed by atoms with Crippen LogP contribution in [-0.2, 0) is 4.79 Å². The summed E-state index contributed by atoms with van der Waals surface area (Å²) in [4.78, 5) is 26.4. The molecule has 1 heterocycles. The number of nitrogens with zero attached hydrogens (tertiary/aromatic N) is 2. The van der Waals surface area contributed by atoms with E-state index in [1.807, 2.05) is 42.5 Å². The van der Waals surface area contributed by atoms with Crippen LogP contribution in [0, 0.1) is 0 Å². The third-order valence-electron chi connectivity index (χ3n) is 4.86. The Balaban J connectivity index is 1.57. The van der Waals surface area contributed by atoms with Gasteiger partial charge in [-0.25, -0.2) is 5.10 Å². The molecule has 1 amide bonds. The van der Waals surface area contributed by atoms with E-state index in [0.29, 0.717) is 17.5 Å². The van der Waals surface area contributed by atoms with Crippen LogP contribution in [0.5, 0.6) is 0 Å². The van der Waals surface area contributed by atoms with Crippen LogP contribution in [0.1, 0.15) is 19.3 Å². The number of likely N-dealkylation sites (N-methyl/N-ethyl adjacent to an activating group) is 1. The fraction of sp³-hybridized carbons (Fsp3) is 0.348. The molecule has 2 aromatic carbocycles. The first-order valence-corrected chi connectivity index (χ1v) is 10.3. The van der Waals surface area contributed by atoms with E-state index >= 15 is 0 Å². The maximum atomic E-state index is 12.3. The number of H-pyrrole nitrogens is 1. The lowest BCUT2D eigenvalue weighted by Crippen LogP contribution is -2.27. The zero-order valence-corrected chi connectivity index (χ0v) is 17.6. The molecule has 0 bridgehead atoms. The highest BCUT2D eigenvalue weighted by atomic mass is 16.1. The van der Waals surface area contributed by atoms with Gasteiger partial charge in [-0.1, -0.05) is 30.3 Å².